The normalized spacial score (nSPS) is 10.5. The Labute approximate surface area is 114 Å². The van der Waals surface area contributed by atoms with Crippen LogP contribution in [-0.2, 0) is 0 Å². The smallest absolute Gasteiger partial charge is 0.172 e. The Morgan fingerprint density at radius 3 is 2.44 bits per heavy atom. The quantitative estimate of drug-likeness (QED) is 0.895. The second-order valence-corrected chi connectivity index (χ2v) is 4.58. The highest BCUT2D eigenvalue weighted by atomic mass is 35.5. The molecule has 0 spiro atoms. The molecule has 0 fully saturated rings. The van der Waals surface area contributed by atoms with E-state index in [1.807, 2.05) is 6.92 Å². The fourth-order valence-electron chi connectivity index (χ4n) is 1.37. The van der Waals surface area contributed by atoms with Gasteiger partial charge in [-0.2, -0.15) is 0 Å². The summed E-state index contributed by atoms with van der Waals surface area (Å²) < 4.78 is 13.6. The minimum atomic E-state index is -0.474. The predicted molar refractivity (Wildman–Crippen MR) is 71.2 cm³/mol. The molecular formula is C12H10Cl2FN3. The first-order valence-electron chi connectivity index (χ1n) is 5.20. The van der Waals surface area contributed by atoms with Crippen molar-refractivity contribution in [1.29, 1.82) is 0 Å². The molecule has 0 saturated carbocycles. The van der Waals surface area contributed by atoms with Crippen LogP contribution in [0.4, 0.5) is 15.9 Å². The van der Waals surface area contributed by atoms with Crippen LogP contribution >= 0.6 is 23.2 Å². The molecule has 1 aromatic carbocycles. The van der Waals surface area contributed by atoms with Gasteiger partial charge in [-0.25, -0.2) is 14.4 Å². The van der Waals surface area contributed by atoms with Crippen molar-refractivity contribution in [1.82, 2.24) is 9.97 Å². The van der Waals surface area contributed by atoms with Crippen LogP contribution in [0.5, 0.6) is 0 Å². The molecule has 94 valence electrons. The number of aromatic nitrogens is 2. The van der Waals surface area contributed by atoms with Gasteiger partial charge in [0, 0.05) is 5.02 Å². The molecule has 0 aliphatic heterocycles. The van der Waals surface area contributed by atoms with Gasteiger partial charge in [0.05, 0.1) is 17.1 Å². The summed E-state index contributed by atoms with van der Waals surface area (Å²) in [6.07, 6.45) is 0. The van der Waals surface area contributed by atoms with Gasteiger partial charge in [-0.3, -0.25) is 0 Å². The van der Waals surface area contributed by atoms with Gasteiger partial charge in [-0.1, -0.05) is 23.2 Å². The van der Waals surface area contributed by atoms with Gasteiger partial charge >= 0.3 is 0 Å². The van der Waals surface area contributed by atoms with Crippen molar-refractivity contribution in [3.05, 3.63) is 45.6 Å². The van der Waals surface area contributed by atoms with Gasteiger partial charge in [0.15, 0.2) is 11.0 Å². The third-order valence-electron chi connectivity index (χ3n) is 2.45. The third kappa shape index (κ3) is 2.71. The third-order valence-corrected chi connectivity index (χ3v) is 2.95. The Morgan fingerprint density at radius 2 is 1.78 bits per heavy atom. The van der Waals surface area contributed by atoms with E-state index >= 15 is 0 Å². The maximum atomic E-state index is 13.6. The van der Waals surface area contributed by atoms with Crippen molar-refractivity contribution in [3.8, 4) is 0 Å². The van der Waals surface area contributed by atoms with Crippen LogP contribution in [-0.4, -0.2) is 9.97 Å². The fourth-order valence-corrected chi connectivity index (χ4v) is 1.75. The first-order valence-corrected chi connectivity index (χ1v) is 5.96. The number of aryl methyl sites for hydroxylation is 2. The molecule has 0 amide bonds. The van der Waals surface area contributed by atoms with Crippen molar-refractivity contribution in [3.63, 3.8) is 0 Å². The molecule has 3 nitrogen and oxygen atoms in total. The van der Waals surface area contributed by atoms with Crippen molar-refractivity contribution >= 4 is 34.7 Å². The highest BCUT2D eigenvalue weighted by Crippen LogP contribution is 2.26. The number of nitrogens with one attached hydrogen (secondary N) is 1. The molecule has 6 heteroatoms. The lowest BCUT2D eigenvalue weighted by atomic mass is 10.3. The van der Waals surface area contributed by atoms with E-state index in [0.717, 1.165) is 11.4 Å². The zero-order chi connectivity index (χ0) is 13.3. The molecule has 0 radical (unpaired) electrons. The van der Waals surface area contributed by atoms with Gasteiger partial charge in [-0.15, -0.1) is 0 Å². The molecule has 0 aliphatic carbocycles. The van der Waals surface area contributed by atoms with Gasteiger partial charge < -0.3 is 5.32 Å². The monoisotopic (exact) mass is 285 g/mol. The van der Waals surface area contributed by atoms with Gasteiger partial charge in [-0.05, 0) is 32.0 Å². The zero-order valence-electron chi connectivity index (χ0n) is 9.76. The molecule has 0 bridgehead atoms. The Bertz CT molecular complexity index is 602. The molecule has 1 aromatic heterocycles. The summed E-state index contributed by atoms with van der Waals surface area (Å²) in [5.74, 6) is -0.153. The number of halogens is 3. The van der Waals surface area contributed by atoms with E-state index in [4.69, 9.17) is 23.2 Å². The molecule has 1 N–H and O–H groups in total. The van der Waals surface area contributed by atoms with E-state index in [0.29, 0.717) is 10.8 Å². The highest BCUT2D eigenvalue weighted by Gasteiger charge is 2.10. The molecular weight excluding hydrogens is 276 g/mol. The topological polar surface area (TPSA) is 37.8 Å². The minimum absolute atomic E-state index is 0.201. The summed E-state index contributed by atoms with van der Waals surface area (Å²) >= 11 is 11.6. The van der Waals surface area contributed by atoms with Crippen LogP contribution < -0.4 is 5.32 Å². The van der Waals surface area contributed by atoms with Crippen LogP contribution in [0.2, 0.25) is 10.2 Å². The van der Waals surface area contributed by atoms with Crippen molar-refractivity contribution in [2.24, 2.45) is 0 Å². The number of anilines is 2. The lowest BCUT2D eigenvalue weighted by Crippen LogP contribution is -2.02. The maximum absolute atomic E-state index is 13.6. The summed E-state index contributed by atoms with van der Waals surface area (Å²) in [4.78, 5) is 8.33. The summed E-state index contributed by atoms with van der Waals surface area (Å²) in [7, 11) is 0. The summed E-state index contributed by atoms with van der Waals surface area (Å²) in [5, 5.41) is 3.33. The van der Waals surface area contributed by atoms with Crippen LogP contribution in [0.1, 0.15) is 11.4 Å². The summed E-state index contributed by atoms with van der Waals surface area (Å²) in [6, 6.07) is 4.31. The Morgan fingerprint density at radius 1 is 1.11 bits per heavy atom. The standard InChI is InChI=1S/C12H10Cl2FN3/c1-6-7(2)17-12(11(14)16-6)18-10-4-3-8(13)5-9(10)15/h3-5H,1-2H3,(H,17,18). The average Bonchev–Trinajstić information content (AvgIpc) is 2.29. The number of nitrogens with zero attached hydrogens (tertiary/aromatic N) is 2. The highest BCUT2D eigenvalue weighted by molar-refractivity contribution is 6.32. The van der Waals surface area contributed by atoms with Crippen molar-refractivity contribution < 1.29 is 4.39 Å². The number of benzene rings is 1. The van der Waals surface area contributed by atoms with Crippen molar-refractivity contribution in [2.75, 3.05) is 5.32 Å². The predicted octanol–water partition coefficient (Wildman–Crippen LogP) is 4.28. The first-order chi connectivity index (χ1) is 8.47. The lowest BCUT2D eigenvalue weighted by molar-refractivity contribution is 0.632. The summed E-state index contributed by atoms with van der Waals surface area (Å²) in [5.41, 5.74) is 1.72. The fraction of sp³-hybridized carbons (Fsp3) is 0.167. The van der Waals surface area contributed by atoms with E-state index in [1.165, 1.54) is 12.1 Å². The van der Waals surface area contributed by atoms with Crippen LogP contribution in [0.15, 0.2) is 18.2 Å². The van der Waals surface area contributed by atoms with E-state index in [9.17, 15) is 4.39 Å². The second-order valence-electron chi connectivity index (χ2n) is 3.78. The zero-order valence-corrected chi connectivity index (χ0v) is 11.3. The lowest BCUT2D eigenvalue weighted by Gasteiger charge is -2.10. The van der Waals surface area contributed by atoms with E-state index in [-0.39, 0.29) is 10.8 Å². The maximum Gasteiger partial charge on any atom is 0.172 e. The SMILES string of the molecule is Cc1nc(Cl)c(Nc2ccc(Cl)cc2F)nc1C. The van der Waals surface area contributed by atoms with E-state index in [1.54, 1.807) is 13.0 Å². The molecule has 0 unspecified atom stereocenters. The number of hydrogen-bond donors (Lipinski definition) is 1. The second kappa shape index (κ2) is 5.08. The average molecular weight is 286 g/mol. The molecule has 1 heterocycles. The van der Waals surface area contributed by atoms with Crippen molar-refractivity contribution in [2.45, 2.75) is 13.8 Å². The Balaban J connectivity index is 2.37. The largest absolute Gasteiger partial charge is 0.335 e. The first kappa shape index (κ1) is 13.1. The Kier molecular flexibility index (Phi) is 3.68. The Hall–Kier alpha value is -1.39. The molecule has 2 rings (SSSR count). The number of hydrogen-bond acceptors (Lipinski definition) is 3. The van der Waals surface area contributed by atoms with Gasteiger partial charge in [0.1, 0.15) is 5.82 Å². The minimum Gasteiger partial charge on any atom is -0.335 e. The van der Waals surface area contributed by atoms with Gasteiger partial charge in [0.2, 0.25) is 0 Å². The van der Waals surface area contributed by atoms with Crippen LogP contribution in [0, 0.1) is 19.7 Å². The van der Waals surface area contributed by atoms with E-state index in [2.05, 4.69) is 15.3 Å². The molecule has 18 heavy (non-hydrogen) atoms. The summed E-state index contributed by atoms with van der Waals surface area (Å²) in [6.45, 7) is 3.61. The molecule has 0 saturated heterocycles. The van der Waals surface area contributed by atoms with E-state index < -0.39 is 5.82 Å². The van der Waals surface area contributed by atoms with Crippen LogP contribution in [0.3, 0.4) is 0 Å². The molecule has 0 aliphatic rings. The molecule has 0 atom stereocenters. The molecule has 2 aromatic rings. The van der Waals surface area contributed by atoms with Gasteiger partial charge in [0.25, 0.3) is 0 Å². The van der Waals surface area contributed by atoms with Crippen LogP contribution in [0.25, 0.3) is 0 Å². The number of rotatable bonds is 2.